The fraction of sp³-hybridized carbons (Fsp3) is 0.333. The molecule has 1 unspecified atom stereocenters. The Morgan fingerprint density at radius 3 is 2.81 bits per heavy atom. The molecule has 3 N–H and O–H groups in total. The third-order valence-corrected chi connectivity index (χ3v) is 3.85. The summed E-state index contributed by atoms with van der Waals surface area (Å²) in [7, 11) is 0. The van der Waals surface area contributed by atoms with Crippen LogP contribution >= 0.6 is 11.3 Å². The van der Waals surface area contributed by atoms with E-state index in [1.807, 2.05) is 0 Å². The number of amides is 1. The SMILES string of the molecule is CCC(N)C(=O)Nc1nc2cc3c(cc2s1)OC(F)(F)O3. The predicted octanol–water partition coefficient (Wildman–Crippen LogP) is 2.29. The number of benzene rings is 1. The summed E-state index contributed by atoms with van der Waals surface area (Å²) in [6, 6.07) is 2.13. The molecule has 1 aromatic carbocycles. The molecule has 21 heavy (non-hydrogen) atoms. The van der Waals surface area contributed by atoms with E-state index in [2.05, 4.69) is 19.8 Å². The smallest absolute Gasteiger partial charge is 0.395 e. The van der Waals surface area contributed by atoms with Gasteiger partial charge in [0.05, 0.1) is 16.3 Å². The summed E-state index contributed by atoms with van der Waals surface area (Å²) in [5, 5.41) is 2.93. The van der Waals surface area contributed by atoms with Crippen LogP contribution in [0.25, 0.3) is 10.2 Å². The molecule has 0 aliphatic carbocycles. The maximum absolute atomic E-state index is 12.9. The van der Waals surface area contributed by atoms with E-state index < -0.39 is 12.3 Å². The molecule has 0 fully saturated rings. The molecule has 6 nitrogen and oxygen atoms in total. The first kappa shape index (κ1) is 14.0. The number of nitrogens with zero attached hydrogens (tertiary/aromatic N) is 1. The van der Waals surface area contributed by atoms with E-state index in [0.717, 1.165) is 11.3 Å². The van der Waals surface area contributed by atoms with E-state index in [0.29, 0.717) is 21.8 Å². The zero-order chi connectivity index (χ0) is 15.2. The molecule has 2 heterocycles. The average molecular weight is 315 g/mol. The molecule has 3 rings (SSSR count). The molecule has 112 valence electrons. The van der Waals surface area contributed by atoms with Crippen molar-refractivity contribution in [3.05, 3.63) is 12.1 Å². The normalized spacial score (nSPS) is 17.0. The Balaban J connectivity index is 1.88. The van der Waals surface area contributed by atoms with Gasteiger partial charge in [0.1, 0.15) is 0 Å². The van der Waals surface area contributed by atoms with Crippen molar-refractivity contribution in [2.75, 3.05) is 5.32 Å². The molecule has 1 atom stereocenters. The molecular formula is C12H11F2N3O3S. The van der Waals surface area contributed by atoms with Gasteiger partial charge in [-0.05, 0) is 6.42 Å². The highest BCUT2D eigenvalue weighted by Gasteiger charge is 2.43. The maximum Gasteiger partial charge on any atom is 0.586 e. The Labute approximate surface area is 121 Å². The van der Waals surface area contributed by atoms with Crippen LogP contribution in [0.15, 0.2) is 12.1 Å². The van der Waals surface area contributed by atoms with Gasteiger partial charge in [-0.25, -0.2) is 4.98 Å². The summed E-state index contributed by atoms with van der Waals surface area (Å²) in [5.74, 6) is -0.483. The van der Waals surface area contributed by atoms with Crippen LogP contribution in [0.2, 0.25) is 0 Å². The van der Waals surface area contributed by atoms with Crippen LogP contribution in [0.3, 0.4) is 0 Å². The Kier molecular flexibility index (Phi) is 3.18. The second kappa shape index (κ2) is 4.78. The van der Waals surface area contributed by atoms with Crippen molar-refractivity contribution in [2.45, 2.75) is 25.7 Å². The van der Waals surface area contributed by atoms with Gasteiger partial charge in [-0.1, -0.05) is 18.3 Å². The minimum atomic E-state index is -3.66. The number of rotatable bonds is 3. The Hall–Kier alpha value is -2.00. The maximum atomic E-state index is 12.9. The van der Waals surface area contributed by atoms with Crippen LogP contribution in [0.4, 0.5) is 13.9 Å². The van der Waals surface area contributed by atoms with Gasteiger partial charge in [-0.2, -0.15) is 0 Å². The quantitative estimate of drug-likeness (QED) is 0.907. The lowest BCUT2D eigenvalue weighted by Gasteiger charge is -2.06. The van der Waals surface area contributed by atoms with Crippen LogP contribution in [-0.4, -0.2) is 23.2 Å². The number of aromatic nitrogens is 1. The van der Waals surface area contributed by atoms with Crippen molar-refractivity contribution in [1.82, 2.24) is 4.98 Å². The lowest BCUT2D eigenvalue weighted by atomic mass is 10.2. The van der Waals surface area contributed by atoms with Crippen LogP contribution in [-0.2, 0) is 4.79 Å². The molecule has 9 heteroatoms. The van der Waals surface area contributed by atoms with Crippen molar-refractivity contribution in [3.8, 4) is 11.5 Å². The molecule has 1 aliphatic heterocycles. The Bertz CT molecular complexity index is 674. The van der Waals surface area contributed by atoms with Crippen LogP contribution in [0.5, 0.6) is 11.5 Å². The number of nitrogens with two attached hydrogens (primary N) is 1. The van der Waals surface area contributed by atoms with Crippen LogP contribution in [0, 0.1) is 0 Å². The van der Waals surface area contributed by atoms with Gasteiger partial charge in [-0.3, -0.25) is 4.79 Å². The summed E-state index contributed by atoms with van der Waals surface area (Å²) in [4.78, 5) is 15.8. The third kappa shape index (κ3) is 2.61. The number of carbonyl (C=O) groups is 1. The van der Waals surface area contributed by atoms with E-state index in [4.69, 9.17) is 5.73 Å². The molecule has 0 spiro atoms. The number of hydrogen-bond acceptors (Lipinski definition) is 6. The van der Waals surface area contributed by atoms with E-state index >= 15 is 0 Å². The Morgan fingerprint density at radius 2 is 2.14 bits per heavy atom. The molecule has 0 bridgehead atoms. The minimum absolute atomic E-state index is 0.0562. The molecule has 1 aromatic heterocycles. The fourth-order valence-electron chi connectivity index (χ4n) is 1.81. The van der Waals surface area contributed by atoms with Gasteiger partial charge < -0.3 is 20.5 Å². The second-order valence-corrected chi connectivity index (χ2v) is 5.49. The number of fused-ring (bicyclic) bond motifs is 2. The number of alkyl halides is 2. The van der Waals surface area contributed by atoms with E-state index in [1.165, 1.54) is 12.1 Å². The number of hydrogen-bond donors (Lipinski definition) is 2. The van der Waals surface area contributed by atoms with E-state index in [9.17, 15) is 13.6 Å². The lowest BCUT2D eigenvalue weighted by molar-refractivity contribution is -0.286. The molecule has 0 radical (unpaired) electrons. The summed E-state index contributed by atoms with van der Waals surface area (Å²) in [5.41, 5.74) is 6.04. The number of thiazole rings is 1. The van der Waals surface area contributed by atoms with Gasteiger partial charge in [0.25, 0.3) is 0 Å². The topological polar surface area (TPSA) is 86.5 Å². The number of halogens is 2. The number of anilines is 1. The van der Waals surface area contributed by atoms with Crippen molar-refractivity contribution in [1.29, 1.82) is 0 Å². The van der Waals surface area contributed by atoms with Crippen LogP contribution in [0.1, 0.15) is 13.3 Å². The highest BCUT2D eigenvalue weighted by molar-refractivity contribution is 7.22. The molecule has 2 aromatic rings. The molecular weight excluding hydrogens is 304 g/mol. The van der Waals surface area contributed by atoms with Crippen molar-refractivity contribution < 1.29 is 23.0 Å². The first-order chi connectivity index (χ1) is 9.88. The van der Waals surface area contributed by atoms with Gasteiger partial charge >= 0.3 is 6.29 Å². The Morgan fingerprint density at radius 1 is 1.48 bits per heavy atom. The monoisotopic (exact) mass is 315 g/mol. The minimum Gasteiger partial charge on any atom is -0.395 e. The number of ether oxygens (including phenoxy) is 2. The highest BCUT2D eigenvalue weighted by Crippen LogP contribution is 2.44. The van der Waals surface area contributed by atoms with Gasteiger partial charge in [0.2, 0.25) is 5.91 Å². The third-order valence-electron chi connectivity index (χ3n) is 2.92. The van der Waals surface area contributed by atoms with Crippen molar-refractivity contribution in [2.24, 2.45) is 5.73 Å². The van der Waals surface area contributed by atoms with Crippen molar-refractivity contribution >= 4 is 32.6 Å². The molecule has 0 saturated carbocycles. The lowest BCUT2D eigenvalue weighted by Crippen LogP contribution is -2.34. The van der Waals surface area contributed by atoms with Gasteiger partial charge in [-0.15, -0.1) is 8.78 Å². The number of nitrogens with one attached hydrogen (secondary N) is 1. The summed E-state index contributed by atoms with van der Waals surface area (Å²) < 4.78 is 35.2. The summed E-state index contributed by atoms with van der Waals surface area (Å²) in [6.07, 6.45) is -3.15. The molecule has 1 amide bonds. The zero-order valence-corrected chi connectivity index (χ0v) is 11.7. The second-order valence-electron chi connectivity index (χ2n) is 4.46. The number of carbonyl (C=O) groups excluding carboxylic acids is 1. The standard InChI is InChI=1S/C12H11F2N3O3S/c1-2-5(15)10(18)17-11-16-6-3-7-8(4-9(6)21-11)20-12(13,14)19-7/h3-5H,2,15H2,1H3,(H,16,17,18). The largest absolute Gasteiger partial charge is 0.586 e. The highest BCUT2D eigenvalue weighted by atomic mass is 32.1. The van der Waals surface area contributed by atoms with Gasteiger partial charge in [0, 0.05) is 12.1 Å². The van der Waals surface area contributed by atoms with E-state index in [-0.39, 0.29) is 17.4 Å². The summed E-state index contributed by atoms with van der Waals surface area (Å²) in [6.45, 7) is 1.79. The first-order valence-corrected chi connectivity index (χ1v) is 6.96. The first-order valence-electron chi connectivity index (χ1n) is 6.15. The van der Waals surface area contributed by atoms with Crippen LogP contribution < -0.4 is 20.5 Å². The van der Waals surface area contributed by atoms with Gasteiger partial charge in [0.15, 0.2) is 16.6 Å². The predicted molar refractivity (Wildman–Crippen MR) is 72.7 cm³/mol. The zero-order valence-electron chi connectivity index (χ0n) is 10.9. The van der Waals surface area contributed by atoms with E-state index in [1.54, 1.807) is 6.92 Å². The fourth-order valence-corrected chi connectivity index (χ4v) is 2.69. The average Bonchev–Trinajstić information content (AvgIpc) is 2.91. The summed E-state index contributed by atoms with van der Waals surface area (Å²) >= 11 is 1.14. The molecule has 0 saturated heterocycles. The van der Waals surface area contributed by atoms with Crippen molar-refractivity contribution in [3.63, 3.8) is 0 Å². The molecule has 1 aliphatic rings.